The zero-order valence-corrected chi connectivity index (χ0v) is 22.7. The van der Waals surface area contributed by atoms with Crippen molar-refractivity contribution in [2.45, 2.75) is 11.0 Å². The number of hydrogen-bond donors (Lipinski definition) is 0. The highest BCUT2D eigenvalue weighted by Gasteiger charge is 2.21. The van der Waals surface area contributed by atoms with Gasteiger partial charge in [0.05, 0.1) is 0 Å². The van der Waals surface area contributed by atoms with E-state index < -0.39 is 0 Å². The normalized spacial score (nSPS) is 14.8. The highest BCUT2D eigenvalue weighted by atomic mass is 35.5. The minimum Gasteiger partial charge on any atom is -1.00 e. The number of aromatic nitrogens is 2. The molecule has 36 heavy (non-hydrogen) atoms. The van der Waals surface area contributed by atoms with Crippen molar-refractivity contribution in [3.63, 3.8) is 0 Å². The van der Waals surface area contributed by atoms with Crippen molar-refractivity contribution in [3.05, 3.63) is 121 Å². The van der Waals surface area contributed by atoms with E-state index >= 15 is 0 Å². The minimum atomic E-state index is -0.206. The summed E-state index contributed by atoms with van der Waals surface area (Å²) in [4.78, 5) is 4.88. The summed E-state index contributed by atoms with van der Waals surface area (Å²) < 4.78 is 4.01. The SMILES string of the molecule is ClC(c1ccc(N2CCN(c3ccc(C(Cl)[n+]4ccccc4)cc3)CC2)cc1)[n+]1ccccc1.[Cl-].[Cl-]. The number of nitrogens with zero attached hydrogens (tertiary/aromatic N) is 4. The Kier molecular flexibility index (Phi) is 10.3. The monoisotopic (exact) mass is 560 g/mol. The first kappa shape index (κ1) is 28.1. The molecule has 0 spiro atoms. The first-order chi connectivity index (χ1) is 16.7. The van der Waals surface area contributed by atoms with E-state index in [0.29, 0.717) is 0 Å². The second-order valence-corrected chi connectivity index (χ2v) is 9.30. The first-order valence-electron chi connectivity index (χ1n) is 11.6. The van der Waals surface area contributed by atoms with E-state index in [1.165, 1.54) is 11.4 Å². The Morgan fingerprint density at radius 2 is 0.806 bits per heavy atom. The van der Waals surface area contributed by atoms with Crippen LogP contribution in [0, 0.1) is 0 Å². The lowest BCUT2D eigenvalue weighted by Gasteiger charge is -2.37. The quantitative estimate of drug-likeness (QED) is 0.225. The van der Waals surface area contributed by atoms with Gasteiger partial charge in [0.15, 0.2) is 24.8 Å². The molecule has 2 atom stereocenters. The predicted molar refractivity (Wildman–Crippen MR) is 139 cm³/mol. The van der Waals surface area contributed by atoms with Crippen LogP contribution in [-0.4, -0.2) is 26.2 Å². The number of halogens is 4. The molecule has 4 aromatic rings. The Balaban J connectivity index is 0.00000180. The van der Waals surface area contributed by atoms with Gasteiger partial charge in [-0.05, 0) is 71.7 Å². The van der Waals surface area contributed by atoms with Crippen molar-refractivity contribution < 1.29 is 33.9 Å². The van der Waals surface area contributed by atoms with Gasteiger partial charge in [0.2, 0.25) is 0 Å². The zero-order chi connectivity index (χ0) is 23.3. The fourth-order valence-corrected chi connectivity index (χ4v) is 4.93. The molecular weight excluding hydrogens is 534 g/mol. The number of benzene rings is 2. The molecule has 4 nitrogen and oxygen atoms in total. The molecule has 3 heterocycles. The summed E-state index contributed by atoms with van der Waals surface area (Å²) in [5.41, 5.74) is 4.25. The van der Waals surface area contributed by atoms with E-state index in [-0.39, 0.29) is 35.8 Å². The molecule has 1 saturated heterocycles. The van der Waals surface area contributed by atoms with Gasteiger partial charge in [-0.1, -0.05) is 12.1 Å². The van der Waals surface area contributed by atoms with E-state index in [0.717, 1.165) is 37.3 Å². The van der Waals surface area contributed by atoms with Gasteiger partial charge in [0.25, 0.3) is 11.0 Å². The van der Waals surface area contributed by atoms with Gasteiger partial charge in [-0.3, -0.25) is 0 Å². The van der Waals surface area contributed by atoms with Crippen LogP contribution in [0.4, 0.5) is 11.4 Å². The maximum atomic E-state index is 6.66. The summed E-state index contributed by atoms with van der Waals surface area (Å²) in [6.07, 6.45) is 7.96. The molecule has 0 amide bonds. The summed E-state index contributed by atoms with van der Waals surface area (Å²) in [5.74, 6) is 0. The van der Waals surface area contributed by atoms with Crippen LogP contribution < -0.4 is 43.7 Å². The Morgan fingerprint density at radius 3 is 1.11 bits per heavy atom. The number of rotatable bonds is 6. The van der Waals surface area contributed by atoms with Crippen molar-refractivity contribution in [2.24, 2.45) is 0 Å². The van der Waals surface area contributed by atoms with Crippen LogP contribution in [0.3, 0.4) is 0 Å². The van der Waals surface area contributed by atoms with Crippen molar-refractivity contribution in [1.29, 1.82) is 0 Å². The van der Waals surface area contributed by atoms with Crippen LogP contribution in [0.1, 0.15) is 22.1 Å². The highest BCUT2D eigenvalue weighted by molar-refractivity contribution is 6.19. The second kappa shape index (κ2) is 13.2. The Labute approximate surface area is 235 Å². The molecule has 8 heteroatoms. The molecule has 2 aromatic carbocycles. The maximum absolute atomic E-state index is 6.66. The average molecular weight is 562 g/mol. The molecule has 1 aliphatic heterocycles. The number of piperazine rings is 1. The third-order valence-corrected chi connectivity index (χ3v) is 7.30. The third kappa shape index (κ3) is 6.43. The van der Waals surface area contributed by atoms with E-state index in [2.05, 4.69) is 58.3 Å². The van der Waals surface area contributed by atoms with Gasteiger partial charge in [-0.2, -0.15) is 9.13 Å². The lowest BCUT2D eigenvalue weighted by molar-refractivity contribution is -0.694. The molecule has 0 aliphatic carbocycles. The highest BCUT2D eigenvalue weighted by Crippen LogP contribution is 2.25. The molecule has 5 rings (SSSR count). The molecule has 2 aromatic heterocycles. The zero-order valence-electron chi connectivity index (χ0n) is 19.7. The lowest BCUT2D eigenvalue weighted by Crippen LogP contribution is -3.00. The fraction of sp³-hybridized carbons (Fsp3) is 0.214. The largest absolute Gasteiger partial charge is 1.00 e. The smallest absolute Gasteiger partial charge is 0.258 e. The van der Waals surface area contributed by atoms with Crippen LogP contribution in [0.2, 0.25) is 0 Å². The number of hydrogen-bond acceptors (Lipinski definition) is 2. The van der Waals surface area contributed by atoms with Crippen molar-refractivity contribution in [1.82, 2.24) is 0 Å². The lowest BCUT2D eigenvalue weighted by atomic mass is 10.1. The van der Waals surface area contributed by atoms with Crippen LogP contribution in [0.25, 0.3) is 0 Å². The summed E-state index contributed by atoms with van der Waals surface area (Å²) in [7, 11) is 0. The van der Waals surface area contributed by atoms with Crippen molar-refractivity contribution in [2.75, 3.05) is 36.0 Å². The Bertz CT molecular complexity index is 1090. The van der Waals surface area contributed by atoms with Gasteiger partial charge in [0, 0.05) is 72.9 Å². The fourth-order valence-electron chi connectivity index (χ4n) is 4.38. The van der Waals surface area contributed by atoms with E-state index in [4.69, 9.17) is 23.2 Å². The number of anilines is 2. The summed E-state index contributed by atoms with van der Waals surface area (Å²) in [6.45, 7) is 3.93. The van der Waals surface area contributed by atoms with E-state index in [1.54, 1.807) is 0 Å². The molecule has 0 bridgehead atoms. The molecule has 0 saturated carbocycles. The summed E-state index contributed by atoms with van der Waals surface area (Å²) in [6, 6.07) is 29.2. The standard InChI is InChI=1S/C28H28Cl2N4.2ClH/c29-27(33-15-3-1-4-16-33)23-7-11-25(12-8-23)31-19-21-32(22-20-31)26-13-9-24(10-14-26)28(30)34-17-5-2-6-18-34;;/h1-18,27-28H,19-22H2;2*1H/q+2;;/p-2. The molecule has 0 N–H and O–H groups in total. The average Bonchev–Trinajstić information content (AvgIpc) is 2.93. The number of alkyl halides is 2. The van der Waals surface area contributed by atoms with Gasteiger partial charge in [-0.25, -0.2) is 0 Å². The Morgan fingerprint density at radius 1 is 0.500 bits per heavy atom. The minimum absolute atomic E-state index is 0. The van der Waals surface area contributed by atoms with Crippen molar-refractivity contribution in [3.8, 4) is 0 Å². The van der Waals surface area contributed by atoms with E-state index in [9.17, 15) is 0 Å². The molecule has 0 radical (unpaired) electrons. The van der Waals surface area contributed by atoms with Crippen LogP contribution >= 0.6 is 23.2 Å². The summed E-state index contributed by atoms with van der Waals surface area (Å²) in [5, 5.41) is 0. The second-order valence-electron chi connectivity index (χ2n) is 8.47. The molecule has 188 valence electrons. The van der Waals surface area contributed by atoms with Crippen molar-refractivity contribution >= 4 is 34.6 Å². The van der Waals surface area contributed by atoms with Gasteiger partial charge >= 0.3 is 0 Å². The molecular formula is C28H28Cl4N4. The van der Waals surface area contributed by atoms with Gasteiger partial charge < -0.3 is 34.6 Å². The number of pyridine rings is 2. The third-order valence-electron chi connectivity index (χ3n) is 6.35. The molecule has 1 fully saturated rings. The van der Waals surface area contributed by atoms with E-state index in [1.807, 2.05) is 70.3 Å². The topological polar surface area (TPSA) is 14.2 Å². The van der Waals surface area contributed by atoms with Gasteiger partial charge in [-0.15, -0.1) is 0 Å². The first-order valence-corrected chi connectivity index (χ1v) is 12.5. The van der Waals surface area contributed by atoms with Gasteiger partial charge in [0.1, 0.15) is 0 Å². The van der Waals surface area contributed by atoms with Crippen LogP contribution in [0.5, 0.6) is 0 Å². The molecule has 1 aliphatic rings. The maximum Gasteiger partial charge on any atom is 0.258 e. The summed E-state index contributed by atoms with van der Waals surface area (Å²) >= 11 is 13.3. The Hall–Kier alpha value is -2.50. The molecule has 2 unspecified atom stereocenters. The van der Waals surface area contributed by atoms with Crippen LogP contribution in [-0.2, 0) is 0 Å². The van der Waals surface area contributed by atoms with Crippen LogP contribution in [0.15, 0.2) is 110 Å². The predicted octanol–water partition coefficient (Wildman–Crippen LogP) is -0.832.